The van der Waals surface area contributed by atoms with Crippen LogP contribution in [0, 0.1) is 12.1 Å². The monoisotopic (exact) mass is 162 g/mol. The van der Waals surface area contributed by atoms with E-state index in [9.17, 15) is 0 Å². The molecule has 0 aromatic carbocycles. The topological polar surface area (TPSA) is 0 Å². The van der Waals surface area contributed by atoms with Gasteiger partial charge in [-0.3, -0.25) is 0 Å². The van der Waals surface area contributed by atoms with Crippen molar-refractivity contribution in [3.63, 3.8) is 0 Å². The quantitative estimate of drug-likeness (QED) is 0.432. The van der Waals surface area contributed by atoms with Gasteiger partial charge in [-0.05, 0) is 18.5 Å². The van der Waals surface area contributed by atoms with Crippen molar-refractivity contribution in [2.45, 2.75) is 32.3 Å². The van der Waals surface area contributed by atoms with Crippen molar-refractivity contribution in [2.24, 2.45) is 0 Å². The summed E-state index contributed by atoms with van der Waals surface area (Å²) < 4.78 is 0. The molecule has 0 N–H and O–H groups in total. The minimum Gasteiger partial charge on any atom is -0.134 e. The largest absolute Gasteiger partial charge is 0.134 e. The molecule has 0 aliphatic carbocycles. The van der Waals surface area contributed by atoms with Crippen LogP contribution >= 0.6 is 18.5 Å². The Morgan fingerprint density at radius 1 is 1.44 bits per heavy atom. The Morgan fingerprint density at radius 3 is 1.67 bits per heavy atom. The van der Waals surface area contributed by atoms with Crippen LogP contribution in [0.2, 0.25) is 0 Å². The first-order valence-electron chi connectivity index (χ1n) is 3.14. The second kappa shape index (κ2) is 11.2. The zero-order valence-corrected chi connectivity index (χ0v) is 8.53. The van der Waals surface area contributed by atoms with E-state index in [1.54, 1.807) is 0 Å². The van der Waals surface area contributed by atoms with E-state index in [-0.39, 0.29) is 0 Å². The number of rotatable bonds is 2. The van der Waals surface area contributed by atoms with Gasteiger partial charge >= 0.3 is 0 Å². The third-order valence-electron chi connectivity index (χ3n) is 1.05. The fraction of sp³-hybridized carbons (Fsp3) is 0.714. The van der Waals surface area contributed by atoms with E-state index in [0.29, 0.717) is 0 Å². The van der Waals surface area contributed by atoms with Gasteiger partial charge in [-0.1, -0.05) is 28.7 Å². The summed E-state index contributed by atoms with van der Waals surface area (Å²) in [6, 6.07) is 0. The molecule has 2 unspecified atom stereocenters. The Kier molecular flexibility index (Phi) is 15.2. The minimum atomic E-state index is 0.852. The molecule has 0 aliphatic rings. The van der Waals surface area contributed by atoms with Crippen molar-refractivity contribution >= 4 is 18.5 Å². The molecule has 0 aliphatic heterocycles. The molecule has 2 atom stereocenters. The van der Waals surface area contributed by atoms with Crippen molar-refractivity contribution in [1.29, 1.82) is 0 Å². The molecule has 0 radical (unpaired) electrons. The lowest BCUT2D eigenvalue weighted by atomic mass is 10.3. The highest BCUT2D eigenvalue weighted by atomic mass is 31.0. The average Bonchev–Trinajstić information content (AvgIpc) is 1.88. The summed E-state index contributed by atoms with van der Waals surface area (Å²) in [6.45, 7) is 4.42. The highest BCUT2D eigenvalue weighted by molar-refractivity contribution is 7.23. The van der Waals surface area contributed by atoms with Crippen molar-refractivity contribution < 1.29 is 0 Å². The van der Waals surface area contributed by atoms with Gasteiger partial charge < -0.3 is 0 Å². The minimum absolute atomic E-state index is 0.852. The summed E-state index contributed by atoms with van der Waals surface area (Å²) in [6.07, 6.45) is 7.15. The van der Waals surface area contributed by atoms with E-state index >= 15 is 0 Å². The van der Waals surface area contributed by atoms with Gasteiger partial charge in [0.25, 0.3) is 0 Å². The highest BCUT2D eigenvalue weighted by Crippen LogP contribution is 2.06. The van der Waals surface area contributed by atoms with Crippen LogP contribution < -0.4 is 0 Å². The molecule has 0 spiro atoms. The normalized spacial score (nSPS) is 7.56. The number of hydrogen-bond acceptors (Lipinski definition) is 0. The standard InChI is InChI=1S/C5H13P.C2H3P/c1-3-5(6)4-2;1-2-3/h5H,3-4,6H2,1-2H3;1H,3H2. The SMILES string of the molecule is C#CP.CCC(P)CC. The molecular formula is C7H16P2. The maximum absolute atomic E-state index is 4.56. The molecule has 0 aromatic heterocycles. The van der Waals surface area contributed by atoms with Gasteiger partial charge in [0.05, 0.1) is 0 Å². The highest BCUT2D eigenvalue weighted by Gasteiger charge is 1.88. The molecule has 0 rings (SSSR count). The van der Waals surface area contributed by atoms with Gasteiger partial charge in [-0.2, -0.15) is 0 Å². The molecule has 0 saturated carbocycles. The van der Waals surface area contributed by atoms with E-state index in [2.05, 4.69) is 44.4 Å². The average molecular weight is 162 g/mol. The fourth-order valence-electron chi connectivity index (χ4n) is 0.289. The predicted octanol–water partition coefficient (Wildman–Crippen LogP) is 2.50. The Bertz CT molecular complexity index is 69.5. The summed E-state index contributed by atoms with van der Waals surface area (Å²) in [5.74, 6) is 0. The zero-order valence-electron chi connectivity index (χ0n) is 6.22. The van der Waals surface area contributed by atoms with Gasteiger partial charge in [0, 0.05) is 0 Å². The lowest BCUT2D eigenvalue weighted by molar-refractivity contribution is 0.793. The lowest BCUT2D eigenvalue weighted by Crippen LogP contribution is -1.88. The van der Waals surface area contributed by atoms with Gasteiger partial charge in [0.15, 0.2) is 0 Å². The summed E-state index contributed by atoms with van der Waals surface area (Å²) in [5, 5.41) is 0. The van der Waals surface area contributed by atoms with Crippen LogP contribution in [0.4, 0.5) is 0 Å². The van der Waals surface area contributed by atoms with E-state index < -0.39 is 0 Å². The van der Waals surface area contributed by atoms with Crippen molar-refractivity contribution in [3.05, 3.63) is 0 Å². The molecule has 0 aromatic rings. The summed E-state index contributed by atoms with van der Waals surface area (Å²) >= 11 is 0. The molecule has 0 heterocycles. The van der Waals surface area contributed by atoms with Gasteiger partial charge in [-0.25, -0.2) is 0 Å². The maximum Gasteiger partial charge on any atom is -0.0269 e. The summed E-state index contributed by atoms with van der Waals surface area (Å²) in [5.41, 5.74) is 3.02. The van der Waals surface area contributed by atoms with Crippen molar-refractivity contribution in [1.82, 2.24) is 0 Å². The Hall–Kier alpha value is 0.420. The first kappa shape index (κ1) is 12.1. The maximum atomic E-state index is 4.56. The van der Waals surface area contributed by atoms with Crippen LogP contribution in [0.3, 0.4) is 0 Å². The van der Waals surface area contributed by atoms with E-state index in [1.807, 2.05) is 0 Å². The number of terminal acetylenes is 1. The Morgan fingerprint density at radius 2 is 1.67 bits per heavy atom. The molecule has 54 valence electrons. The predicted molar refractivity (Wildman–Crippen MR) is 52.6 cm³/mol. The van der Waals surface area contributed by atoms with Crippen LogP contribution in [0.5, 0.6) is 0 Å². The second-order valence-corrected chi connectivity index (χ2v) is 3.02. The molecule has 2 heteroatoms. The zero-order chi connectivity index (χ0) is 7.70. The molecule has 0 bridgehead atoms. The van der Waals surface area contributed by atoms with E-state index in [4.69, 9.17) is 0 Å². The van der Waals surface area contributed by atoms with E-state index in [0.717, 1.165) is 5.66 Å². The Labute approximate surface area is 63.6 Å². The first-order chi connectivity index (χ1) is 4.22. The molecule has 0 saturated heterocycles. The summed E-state index contributed by atoms with van der Waals surface area (Å²) in [4.78, 5) is 0. The lowest BCUT2D eigenvalue weighted by Gasteiger charge is -1.98. The summed E-state index contributed by atoms with van der Waals surface area (Å²) in [7, 11) is 4.92. The van der Waals surface area contributed by atoms with Crippen LogP contribution in [-0.2, 0) is 0 Å². The number of hydrogen-bond donors (Lipinski definition) is 0. The molecule has 9 heavy (non-hydrogen) atoms. The first-order valence-corrected chi connectivity index (χ1v) is 4.39. The molecule has 0 fully saturated rings. The fourth-order valence-corrected chi connectivity index (χ4v) is 0.289. The van der Waals surface area contributed by atoms with Crippen molar-refractivity contribution in [3.8, 4) is 12.1 Å². The smallest absolute Gasteiger partial charge is 0.0269 e. The molecule has 0 amide bonds. The second-order valence-electron chi connectivity index (χ2n) is 1.74. The van der Waals surface area contributed by atoms with Gasteiger partial charge in [0.2, 0.25) is 0 Å². The van der Waals surface area contributed by atoms with Crippen molar-refractivity contribution in [2.75, 3.05) is 0 Å². The van der Waals surface area contributed by atoms with Gasteiger partial charge in [-0.15, -0.1) is 15.7 Å². The van der Waals surface area contributed by atoms with Crippen LogP contribution in [0.25, 0.3) is 0 Å². The van der Waals surface area contributed by atoms with E-state index in [1.165, 1.54) is 12.8 Å². The van der Waals surface area contributed by atoms with Crippen LogP contribution in [-0.4, -0.2) is 5.66 Å². The van der Waals surface area contributed by atoms with Crippen LogP contribution in [0.15, 0.2) is 0 Å². The molecule has 0 nitrogen and oxygen atoms in total. The third kappa shape index (κ3) is 17.8. The Balaban J connectivity index is 0. The third-order valence-corrected chi connectivity index (χ3v) is 1.99. The van der Waals surface area contributed by atoms with Gasteiger partial charge in [0.1, 0.15) is 0 Å². The molecular weight excluding hydrogens is 146 g/mol. The van der Waals surface area contributed by atoms with Crippen LogP contribution in [0.1, 0.15) is 26.7 Å².